The van der Waals surface area contributed by atoms with E-state index in [1.165, 1.54) is 0 Å². The third-order valence-corrected chi connectivity index (χ3v) is 3.51. The number of carbonyl (C=O) groups is 1. The molecule has 0 fully saturated rings. The van der Waals surface area contributed by atoms with E-state index in [0.29, 0.717) is 12.2 Å². The Morgan fingerprint density at radius 1 is 1.19 bits per heavy atom. The van der Waals surface area contributed by atoms with Crippen LogP contribution < -0.4 is 5.32 Å². The molecule has 0 atom stereocenters. The topological polar surface area (TPSA) is 51.2 Å². The second kappa shape index (κ2) is 5.40. The maximum Gasteiger partial charge on any atom is 0.341 e. The molecule has 1 N–H and O–H groups in total. The molecule has 21 heavy (non-hydrogen) atoms. The van der Waals surface area contributed by atoms with Gasteiger partial charge in [-0.3, -0.25) is 4.98 Å². The van der Waals surface area contributed by atoms with Crippen LogP contribution in [0.25, 0.3) is 21.7 Å². The first kappa shape index (κ1) is 13.4. The molecule has 0 radical (unpaired) electrons. The second-order valence-electron chi connectivity index (χ2n) is 4.70. The standard InChI is InChI=1S/C17H16N2O2/c1-3-21-17(20)14-10-19-16-12-7-5-4-6-11(12)8-9-13(16)15(14)18-2/h4-10H,3H2,1-2H3,(H,18,19). The minimum absolute atomic E-state index is 0.345. The van der Waals surface area contributed by atoms with Crippen molar-refractivity contribution in [2.45, 2.75) is 6.92 Å². The highest BCUT2D eigenvalue weighted by molar-refractivity contribution is 6.13. The van der Waals surface area contributed by atoms with Crippen molar-refractivity contribution in [2.24, 2.45) is 0 Å². The molecule has 106 valence electrons. The molecule has 3 aromatic rings. The number of hydrogen-bond acceptors (Lipinski definition) is 4. The number of nitrogens with one attached hydrogen (secondary N) is 1. The minimum Gasteiger partial charge on any atom is -0.462 e. The summed E-state index contributed by atoms with van der Waals surface area (Å²) in [4.78, 5) is 16.5. The molecule has 4 nitrogen and oxygen atoms in total. The lowest BCUT2D eigenvalue weighted by molar-refractivity contribution is 0.0527. The molecule has 0 bridgehead atoms. The predicted octanol–water partition coefficient (Wildman–Crippen LogP) is 3.61. The van der Waals surface area contributed by atoms with E-state index >= 15 is 0 Å². The van der Waals surface area contributed by atoms with E-state index in [0.717, 1.165) is 27.4 Å². The molecule has 1 heterocycles. The molecular weight excluding hydrogens is 264 g/mol. The maximum atomic E-state index is 12.0. The first-order valence-electron chi connectivity index (χ1n) is 6.91. The first-order valence-corrected chi connectivity index (χ1v) is 6.91. The molecule has 1 aromatic heterocycles. The fourth-order valence-electron chi connectivity index (χ4n) is 2.57. The lowest BCUT2D eigenvalue weighted by Crippen LogP contribution is -2.09. The Hall–Kier alpha value is -2.62. The zero-order valence-electron chi connectivity index (χ0n) is 12.0. The summed E-state index contributed by atoms with van der Waals surface area (Å²) < 4.78 is 5.09. The van der Waals surface area contributed by atoms with Crippen molar-refractivity contribution in [1.29, 1.82) is 0 Å². The summed E-state index contributed by atoms with van der Waals surface area (Å²) in [5, 5.41) is 6.22. The van der Waals surface area contributed by atoms with Gasteiger partial charge in [0.25, 0.3) is 0 Å². The van der Waals surface area contributed by atoms with Crippen molar-refractivity contribution in [3.8, 4) is 0 Å². The third kappa shape index (κ3) is 2.18. The summed E-state index contributed by atoms with van der Waals surface area (Å²) in [6, 6.07) is 12.1. The van der Waals surface area contributed by atoms with E-state index in [9.17, 15) is 4.79 Å². The monoisotopic (exact) mass is 280 g/mol. The molecular formula is C17H16N2O2. The SMILES string of the molecule is CCOC(=O)c1cnc2c(ccc3ccccc32)c1NC. The molecule has 0 aliphatic carbocycles. The van der Waals surface area contributed by atoms with Gasteiger partial charge in [0.05, 0.1) is 17.8 Å². The summed E-state index contributed by atoms with van der Waals surface area (Å²) in [5.74, 6) is -0.357. The Kier molecular flexibility index (Phi) is 3.44. The van der Waals surface area contributed by atoms with Crippen molar-refractivity contribution in [3.63, 3.8) is 0 Å². The minimum atomic E-state index is -0.357. The molecule has 0 saturated carbocycles. The van der Waals surface area contributed by atoms with Crippen LogP contribution in [-0.4, -0.2) is 24.6 Å². The van der Waals surface area contributed by atoms with Crippen molar-refractivity contribution in [1.82, 2.24) is 4.98 Å². The van der Waals surface area contributed by atoms with Crippen LogP contribution in [0.5, 0.6) is 0 Å². The number of carbonyl (C=O) groups excluding carboxylic acids is 1. The fraction of sp³-hybridized carbons (Fsp3) is 0.176. The van der Waals surface area contributed by atoms with Gasteiger partial charge in [-0.15, -0.1) is 0 Å². The van der Waals surface area contributed by atoms with Gasteiger partial charge in [0, 0.05) is 24.0 Å². The average molecular weight is 280 g/mol. The zero-order valence-corrected chi connectivity index (χ0v) is 12.0. The molecule has 0 aliphatic rings. The van der Waals surface area contributed by atoms with Crippen LogP contribution in [0, 0.1) is 0 Å². The Morgan fingerprint density at radius 3 is 2.76 bits per heavy atom. The molecule has 2 aromatic carbocycles. The smallest absolute Gasteiger partial charge is 0.341 e. The van der Waals surface area contributed by atoms with E-state index in [2.05, 4.69) is 16.4 Å². The number of ether oxygens (including phenoxy) is 1. The molecule has 4 heteroatoms. The van der Waals surface area contributed by atoms with Gasteiger partial charge >= 0.3 is 5.97 Å². The third-order valence-electron chi connectivity index (χ3n) is 3.51. The first-order chi connectivity index (χ1) is 10.3. The molecule has 0 saturated heterocycles. The number of aromatic nitrogens is 1. The average Bonchev–Trinajstić information content (AvgIpc) is 2.53. The van der Waals surface area contributed by atoms with Gasteiger partial charge in [0.2, 0.25) is 0 Å². The lowest BCUT2D eigenvalue weighted by atomic mass is 10.0. The number of hydrogen-bond donors (Lipinski definition) is 1. The van der Waals surface area contributed by atoms with Crippen LogP contribution in [0.2, 0.25) is 0 Å². The largest absolute Gasteiger partial charge is 0.462 e. The normalized spacial score (nSPS) is 10.8. The van der Waals surface area contributed by atoms with E-state index in [1.807, 2.05) is 30.3 Å². The van der Waals surface area contributed by atoms with Crippen molar-refractivity contribution < 1.29 is 9.53 Å². The molecule has 0 amide bonds. The maximum absolute atomic E-state index is 12.0. The van der Waals surface area contributed by atoms with E-state index in [4.69, 9.17) is 4.74 Å². The summed E-state index contributed by atoms with van der Waals surface area (Å²) in [5.41, 5.74) is 2.09. The van der Waals surface area contributed by atoms with E-state index in [-0.39, 0.29) is 5.97 Å². The molecule has 0 aliphatic heterocycles. The number of fused-ring (bicyclic) bond motifs is 3. The Labute approximate surface area is 122 Å². The summed E-state index contributed by atoms with van der Waals surface area (Å²) in [6.45, 7) is 2.14. The predicted molar refractivity (Wildman–Crippen MR) is 84.8 cm³/mol. The van der Waals surface area contributed by atoms with E-state index in [1.54, 1.807) is 20.2 Å². The number of pyridine rings is 1. The van der Waals surface area contributed by atoms with Gasteiger partial charge in [-0.1, -0.05) is 36.4 Å². The highest BCUT2D eigenvalue weighted by atomic mass is 16.5. The van der Waals surface area contributed by atoms with Gasteiger partial charge in [-0.05, 0) is 12.3 Å². The second-order valence-corrected chi connectivity index (χ2v) is 4.70. The summed E-state index contributed by atoms with van der Waals surface area (Å²) >= 11 is 0. The van der Waals surface area contributed by atoms with E-state index < -0.39 is 0 Å². The van der Waals surface area contributed by atoms with Gasteiger partial charge in [0.15, 0.2) is 0 Å². The van der Waals surface area contributed by atoms with Gasteiger partial charge in [0.1, 0.15) is 5.56 Å². The lowest BCUT2D eigenvalue weighted by Gasteiger charge is -2.12. The number of benzene rings is 2. The Balaban J connectivity index is 2.31. The van der Waals surface area contributed by atoms with Crippen LogP contribution in [-0.2, 0) is 4.74 Å². The molecule has 0 unspecified atom stereocenters. The van der Waals surface area contributed by atoms with Crippen LogP contribution in [0.4, 0.5) is 5.69 Å². The summed E-state index contributed by atoms with van der Waals surface area (Å²) in [6.07, 6.45) is 1.58. The van der Waals surface area contributed by atoms with Crippen LogP contribution in [0.3, 0.4) is 0 Å². The zero-order chi connectivity index (χ0) is 14.8. The van der Waals surface area contributed by atoms with Gasteiger partial charge in [-0.2, -0.15) is 0 Å². The highest BCUT2D eigenvalue weighted by Gasteiger charge is 2.16. The number of esters is 1. The number of anilines is 1. The molecule has 0 spiro atoms. The Bertz CT molecular complexity index is 827. The summed E-state index contributed by atoms with van der Waals surface area (Å²) in [7, 11) is 1.80. The number of nitrogens with zero attached hydrogens (tertiary/aromatic N) is 1. The Morgan fingerprint density at radius 2 is 2.00 bits per heavy atom. The van der Waals surface area contributed by atoms with Crippen molar-refractivity contribution in [3.05, 3.63) is 48.2 Å². The van der Waals surface area contributed by atoms with Gasteiger partial charge < -0.3 is 10.1 Å². The molecule has 3 rings (SSSR count). The quantitative estimate of drug-likeness (QED) is 0.588. The van der Waals surface area contributed by atoms with Crippen LogP contribution in [0.1, 0.15) is 17.3 Å². The highest BCUT2D eigenvalue weighted by Crippen LogP contribution is 2.31. The van der Waals surface area contributed by atoms with Crippen LogP contribution in [0.15, 0.2) is 42.6 Å². The fourth-order valence-corrected chi connectivity index (χ4v) is 2.57. The van der Waals surface area contributed by atoms with Crippen LogP contribution >= 0.6 is 0 Å². The van der Waals surface area contributed by atoms with Crippen molar-refractivity contribution in [2.75, 3.05) is 19.0 Å². The van der Waals surface area contributed by atoms with Crippen molar-refractivity contribution >= 4 is 33.3 Å². The number of rotatable bonds is 3. The van der Waals surface area contributed by atoms with Gasteiger partial charge in [-0.25, -0.2) is 4.79 Å².